The molecular weight excluding hydrogens is 126 g/mol. The number of hydrogen-bond donors (Lipinski definition) is 1. The predicted octanol–water partition coefficient (Wildman–Crippen LogP) is 1.57. The van der Waals surface area contributed by atoms with E-state index >= 15 is 0 Å². The molecule has 0 aromatic rings. The fourth-order valence-electron chi connectivity index (χ4n) is 0.631. The highest BCUT2D eigenvalue weighted by Gasteiger charge is 1.99. The summed E-state index contributed by atoms with van der Waals surface area (Å²) in [6.45, 7) is 9.02. The van der Waals surface area contributed by atoms with Gasteiger partial charge in [0.05, 0.1) is 12.8 Å². The van der Waals surface area contributed by atoms with Crippen molar-refractivity contribution in [3.63, 3.8) is 0 Å². The van der Waals surface area contributed by atoms with E-state index in [0.717, 1.165) is 5.57 Å². The highest BCUT2D eigenvalue weighted by atomic mass is 16.5. The molecule has 0 bridgehead atoms. The van der Waals surface area contributed by atoms with E-state index in [0.29, 0.717) is 11.5 Å². The van der Waals surface area contributed by atoms with Gasteiger partial charge in [-0.1, -0.05) is 13.2 Å². The van der Waals surface area contributed by atoms with Crippen molar-refractivity contribution in [3.05, 3.63) is 36.3 Å². The minimum absolute atomic E-state index is 0.523. The van der Waals surface area contributed by atoms with Crippen molar-refractivity contribution in [2.45, 2.75) is 6.92 Å². The molecule has 0 aromatic carbocycles. The van der Waals surface area contributed by atoms with Gasteiger partial charge in [-0.25, -0.2) is 0 Å². The lowest BCUT2D eigenvalue weighted by Crippen LogP contribution is -2.01. The van der Waals surface area contributed by atoms with E-state index in [1.807, 2.05) is 6.92 Å². The Morgan fingerprint density at radius 2 is 2.10 bits per heavy atom. The van der Waals surface area contributed by atoms with Gasteiger partial charge in [0.15, 0.2) is 0 Å². The molecule has 0 aliphatic carbocycles. The Labute approximate surface area is 61.7 Å². The number of nitrogens with two attached hydrogens (primary N) is 1. The number of allylic oxidation sites excluding steroid dienone is 2. The maximum absolute atomic E-state index is 5.50. The van der Waals surface area contributed by atoms with E-state index in [9.17, 15) is 0 Å². The molecule has 10 heavy (non-hydrogen) atoms. The van der Waals surface area contributed by atoms with E-state index in [2.05, 4.69) is 13.2 Å². The molecule has 0 atom stereocenters. The van der Waals surface area contributed by atoms with E-state index in [1.54, 1.807) is 7.11 Å². The van der Waals surface area contributed by atoms with Gasteiger partial charge in [0.1, 0.15) is 5.76 Å². The SMILES string of the molecule is C=C/C(N)=C(/OC)C(=C)C. The molecule has 0 aliphatic heterocycles. The monoisotopic (exact) mass is 139 g/mol. The van der Waals surface area contributed by atoms with Crippen LogP contribution in [0.1, 0.15) is 6.92 Å². The largest absolute Gasteiger partial charge is 0.494 e. The third kappa shape index (κ3) is 1.97. The van der Waals surface area contributed by atoms with Crippen LogP contribution in [0.25, 0.3) is 0 Å². The zero-order chi connectivity index (χ0) is 8.15. The van der Waals surface area contributed by atoms with Gasteiger partial charge in [0.2, 0.25) is 0 Å². The summed E-state index contributed by atoms with van der Waals surface area (Å²) in [5.41, 5.74) is 6.83. The molecule has 0 unspecified atom stereocenters. The molecule has 0 rings (SSSR count). The standard InChI is InChI=1S/C8H13NO/c1-5-7(9)8(10-4)6(2)3/h5H,1-2,9H2,3-4H3/b8-7-. The first-order chi connectivity index (χ1) is 4.63. The predicted molar refractivity (Wildman–Crippen MR) is 43.2 cm³/mol. The van der Waals surface area contributed by atoms with Crippen molar-refractivity contribution in [1.29, 1.82) is 0 Å². The summed E-state index contributed by atoms with van der Waals surface area (Å²) < 4.78 is 4.95. The van der Waals surface area contributed by atoms with Crippen molar-refractivity contribution >= 4 is 0 Å². The summed E-state index contributed by atoms with van der Waals surface area (Å²) in [7, 11) is 1.56. The topological polar surface area (TPSA) is 35.2 Å². The maximum atomic E-state index is 5.50. The van der Waals surface area contributed by atoms with Crippen LogP contribution < -0.4 is 5.73 Å². The minimum atomic E-state index is 0.523. The van der Waals surface area contributed by atoms with Crippen LogP contribution in [0, 0.1) is 0 Å². The van der Waals surface area contributed by atoms with Crippen molar-refractivity contribution in [2.75, 3.05) is 7.11 Å². The molecule has 0 aromatic heterocycles. The van der Waals surface area contributed by atoms with Gasteiger partial charge in [-0.2, -0.15) is 0 Å². The average Bonchev–Trinajstić information content (AvgIpc) is 1.88. The van der Waals surface area contributed by atoms with Gasteiger partial charge in [-0.05, 0) is 18.6 Å². The molecule has 2 N–H and O–H groups in total. The van der Waals surface area contributed by atoms with Crippen LogP contribution in [0.3, 0.4) is 0 Å². The van der Waals surface area contributed by atoms with Crippen LogP contribution in [0.15, 0.2) is 36.3 Å². The van der Waals surface area contributed by atoms with Gasteiger partial charge < -0.3 is 10.5 Å². The van der Waals surface area contributed by atoms with Gasteiger partial charge in [0, 0.05) is 0 Å². The van der Waals surface area contributed by atoms with Crippen molar-refractivity contribution in [1.82, 2.24) is 0 Å². The Hall–Kier alpha value is -1.18. The smallest absolute Gasteiger partial charge is 0.144 e. The molecule has 0 saturated carbocycles. The molecular formula is C8H13NO. The second kappa shape index (κ2) is 3.77. The van der Waals surface area contributed by atoms with Crippen LogP contribution in [0.5, 0.6) is 0 Å². The maximum Gasteiger partial charge on any atom is 0.144 e. The molecule has 0 aliphatic rings. The Morgan fingerprint density at radius 3 is 2.20 bits per heavy atom. The first-order valence-corrected chi connectivity index (χ1v) is 2.95. The first-order valence-electron chi connectivity index (χ1n) is 2.95. The van der Waals surface area contributed by atoms with E-state index in [-0.39, 0.29) is 0 Å². The van der Waals surface area contributed by atoms with Crippen LogP contribution >= 0.6 is 0 Å². The second-order valence-electron chi connectivity index (χ2n) is 1.97. The Kier molecular flexibility index (Phi) is 3.33. The van der Waals surface area contributed by atoms with Gasteiger partial charge in [-0.3, -0.25) is 0 Å². The molecule has 0 heterocycles. The van der Waals surface area contributed by atoms with Crippen LogP contribution in [0.2, 0.25) is 0 Å². The lowest BCUT2D eigenvalue weighted by Gasteiger charge is -2.06. The summed E-state index contributed by atoms with van der Waals surface area (Å²) in [5.74, 6) is 0.606. The zero-order valence-electron chi connectivity index (χ0n) is 6.48. The summed E-state index contributed by atoms with van der Waals surface area (Å²) in [6.07, 6.45) is 1.54. The molecule has 0 amide bonds. The third-order valence-corrected chi connectivity index (χ3v) is 1.07. The van der Waals surface area contributed by atoms with Crippen molar-refractivity contribution in [2.24, 2.45) is 5.73 Å². The number of hydrogen-bond acceptors (Lipinski definition) is 2. The quantitative estimate of drug-likeness (QED) is 0.475. The third-order valence-electron chi connectivity index (χ3n) is 1.07. The second-order valence-corrected chi connectivity index (χ2v) is 1.97. The van der Waals surface area contributed by atoms with Crippen molar-refractivity contribution in [3.8, 4) is 0 Å². The van der Waals surface area contributed by atoms with Crippen LogP contribution in [0.4, 0.5) is 0 Å². The number of ether oxygens (including phenoxy) is 1. The Balaban J connectivity index is 4.62. The fourth-order valence-corrected chi connectivity index (χ4v) is 0.631. The normalized spacial score (nSPS) is 11.8. The fraction of sp³-hybridized carbons (Fsp3) is 0.250. The summed E-state index contributed by atoms with van der Waals surface area (Å²) in [4.78, 5) is 0. The molecule has 0 fully saturated rings. The van der Waals surface area contributed by atoms with Crippen LogP contribution in [-0.4, -0.2) is 7.11 Å². The lowest BCUT2D eigenvalue weighted by atomic mass is 10.2. The molecule has 0 saturated heterocycles. The van der Waals surface area contributed by atoms with Gasteiger partial charge >= 0.3 is 0 Å². The molecule has 56 valence electrons. The summed E-state index contributed by atoms with van der Waals surface area (Å²) in [6, 6.07) is 0. The Morgan fingerprint density at radius 1 is 1.60 bits per heavy atom. The van der Waals surface area contributed by atoms with E-state index in [1.165, 1.54) is 6.08 Å². The first kappa shape index (κ1) is 8.82. The van der Waals surface area contributed by atoms with Gasteiger partial charge in [0.25, 0.3) is 0 Å². The average molecular weight is 139 g/mol. The Bertz CT molecular complexity index is 180. The molecule has 0 radical (unpaired) electrons. The minimum Gasteiger partial charge on any atom is -0.494 e. The summed E-state index contributed by atoms with van der Waals surface area (Å²) >= 11 is 0. The van der Waals surface area contributed by atoms with Crippen molar-refractivity contribution < 1.29 is 4.74 Å². The number of rotatable bonds is 3. The van der Waals surface area contributed by atoms with E-state index < -0.39 is 0 Å². The molecule has 0 spiro atoms. The molecule has 2 nitrogen and oxygen atoms in total. The number of methoxy groups -OCH3 is 1. The lowest BCUT2D eigenvalue weighted by molar-refractivity contribution is 0.297. The highest BCUT2D eigenvalue weighted by Crippen LogP contribution is 2.09. The zero-order valence-corrected chi connectivity index (χ0v) is 6.48. The van der Waals surface area contributed by atoms with Gasteiger partial charge in [-0.15, -0.1) is 0 Å². The highest BCUT2D eigenvalue weighted by molar-refractivity contribution is 5.30. The van der Waals surface area contributed by atoms with E-state index in [4.69, 9.17) is 10.5 Å². The summed E-state index contributed by atoms with van der Waals surface area (Å²) in [5, 5.41) is 0. The van der Waals surface area contributed by atoms with Crippen LogP contribution in [-0.2, 0) is 4.74 Å². The molecule has 2 heteroatoms.